The molecule has 3 aromatic rings. The van der Waals surface area contributed by atoms with Crippen LogP contribution in [0.2, 0.25) is 0 Å². The van der Waals surface area contributed by atoms with Crippen LogP contribution in [-0.4, -0.2) is 41.8 Å². The van der Waals surface area contributed by atoms with Crippen LogP contribution in [0.5, 0.6) is 11.5 Å². The number of hydrogen-bond acceptors (Lipinski definition) is 6. The van der Waals surface area contributed by atoms with Gasteiger partial charge in [0.25, 0.3) is 0 Å². The Hall–Kier alpha value is -3.49. The van der Waals surface area contributed by atoms with Gasteiger partial charge in [-0.05, 0) is 29.8 Å². The van der Waals surface area contributed by atoms with Crippen molar-refractivity contribution in [1.29, 1.82) is 0 Å². The first kappa shape index (κ1) is 21.2. The lowest BCUT2D eigenvalue weighted by atomic mass is 10.2. The van der Waals surface area contributed by atoms with Crippen LogP contribution in [-0.2, 0) is 17.8 Å². The lowest BCUT2D eigenvalue weighted by molar-refractivity contribution is -0.130. The third-order valence-corrected chi connectivity index (χ3v) is 4.33. The molecule has 0 saturated heterocycles. The van der Waals surface area contributed by atoms with E-state index < -0.39 is 6.61 Å². The molecule has 158 valence electrons. The molecule has 0 aliphatic carbocycles. The highest BCUT2D eigenvalue weighted by atomic mass is 19.3. The van der Waals surface area contributed by atoms with Crippen molar-refractivity contribution in [1.82, 2.24) is 15.1 Å². The van der Waals surface area contributed by atoms with Gasteiger partial charge in [0, 0.05) is 32.0 Å². The second kappa shape index (κ2) is 9.82. The van der Waals surface area contributed by atoms with E-state index in [1.54, 1.807) is 19.2 Å². The highest BCUT2D eigenvalue weighted by Crippen LogP contribution is 2.30. The molecular formula is C21H21F2N3O4. The molecule has 0 aliphatic rings. The van der Waals surface area contributed by atoms with Crippen LogP contribution in [0.4, 0.5) is 8.78 Å². The topological polar surface area (TPSA) is 77.7 Å². The van der Waals surface area contributed by atoms with Gasteiger partial charge in [-0.25, -0.2) is 0 Å². The molecule has 0 saturated carbocycles. The molecule has 0 bridgehead atoms. The summed E-state index contributed by atoms with van der Waals surface area (Å²) < 4.78 is 40.0. The number of carbonyl (C=O) groups is 1. The second-order valence-electron chi connectivity index (χ2n) is 6.48. The predicted octanol–water partition coefficient (Wildman–Crippen LogP) is 3.94. The van der Waals surface area contributed by atoms with Gasteiger partial charge in [-0.1, -0.05) is 24.3 Å². The second-order valence-corrected chi connectivity index (χ2v) is 6.48. The summed E-state index contributed by atoms with van der Waals surface area (Å²) in [4.78, 5) is 14.0. The molecule has 0 unspecified atom stereocenters. The Morgan fingerprint density at radius 1 is 1.13 bits per heavy atom. The van der Waals surface area contributed by atoms with E-state index in [0.717, 1.165) is 5.56 Å². The highest BCUT2D eigenvalue weighted by Gasteiger charge is 2.15. The van der Waals surface area contributed by atoms with Crippen molar-refractivity contribution in [2.45, 2.75) is 26.0 Å². The smallest absolute Gasteiger partial charge is 0.387 e. The third kappa shape index (κ3) is 5.53. The fourth-order valence-corrected chi connectivity index (χ4v) is 2.82. The van der Waals surface area contributed by atoms with Crippen LogP contribution in [0, 0.1) is 0 Å². The van der Waals surface area contributed by atoms with Crippen LogP contribution >= 0.6 is 0 Å². The molecule has 0 radical (unpaired) electrons. The predicted molar refractivity (Wildman–Crippen MR) is 104 cm³/mol. The largest absolute Gasteiger partial charge is 0.493 e. The number of benzene rings is 2. The molecule has 3 rings (SSSR count). The molecular weight excluding hydrogens is 396 g/mol. The minimum Gasteiger partial charge on any atom is -0.493 e. The van der Waals surface area contributed by atoms with E-state index in [2.05, 4.69) is 14.9 Å². The SMILES string of the molecule is COc1cc(CN(C)C(=O)CCc2nnc(-c3ccccc3)o2)ccc1OC(F)F. The van der Waals surface area contributed by atoms with Gasteiger partial charge in [-0.2, -0.15) is 8.78 Å². The zero-order chi connectivity index (χ0) is 21.5. The van der Waals surface area contributed by atoms with Crippen LogP contribution in [0.25, 0.3) is 11.5 Å². The van der Waals surface area contributed by atoms with Gasteiger partial charge >= 0.3 is 6.61 Å². The van der Waals surface area contributed by atoms with Gasteiger partial charge in [0.05, 0.1) is 7.11 Å². The van der Waals surface area contributed by atoms with E-state index in [0.29, 0.717) is 23.8 Å². The van der Waals surface area contributed by atoms with Crippen molar-refractivity contribution in [2.24, 2.45) is 0 Å². The molecule has 2 aromatic carbocycles. The lowest BCUT2D eigenvalue weighted by Gasteiger charge is -2.18. The standard InChI is InChI=1S/C21H21F2N3O4/c1-26(13-14-8-9-16(29-21(22)23)17(12-14)28-2)19(27)11-10-18-24-25-20(30-18)15-6-4-3-5-7-15/h3-9,12,21H,10-11,13H2,1-2H3. The Kier molecular flexibility index (Phi) is 6.95. The van der Waals surface area contributed by atoms with Gasteiger partial charge < -0.3 is 18.8 Å². The monoisotopic (exact) mass is 417 g/mol. The van der Waals surface area contributed by atoms with Crippen molar-refractivity contribution in [3.8, 4) is 23.0 Å². The van der Waals surface area contributed by atoms with Gasteiger partial charge in [-0.3, -0.25) is 4.79 Å². The fraction of sp³-hybridized carbons (Fsp3) is 0.286. The number of methoxy groups -OCH3 is 1. The summed E-state index contributed by atoms with van der Waals surface area (Å²) >= 11 is 0. The number of rotatable bonds is 9. The maximum atomic E-state index is 12.4. The van der Waals surface area contributed by atoms with Crippen molar-refractivity contribution >= 4 is 5.91 Å². The molecule has 1 aromatic heterocycles. The van der Waals surface area contributed by atoms with E-state index in [1.807, 2.05) is 30.3 Å². The number of hydrogen-bond donors (Lipinski definition) is 0. The van der Waals surface area contributed by atoms with Gasteiger partial charge in [0.2, 0.25) is 17.7 Å². The molecule has 7 nitrogen and oxygen atoms in total. The molecule has 0 atom stereocenters. The minimum atomic E-state index is -2.94. The van der Waals surface area contributed by atoms with Crippen molar-refractivity contribution < 1.29 is 27.5 Å². The summed E-state index contributed by atoms with van der Waals surface area (Å²) in [7, 11) is 3.02. The summed E-state index contributed by atoms with van der Waals surface area (Å²) in [6, 6.07) is 13.9. The first-order valence-corrected chi connectivity index (χ1v) is 9.19. The Morgan fingerprint density at radius 2 is 1.90 bits per heavy atom. The van der Waals surface area contributed by atoms with Gasteiger partial charge in [0.15, 0.2) is 11.5 Å². The quantitative estimate of drug-likeness (QED) is 0.525. The number of carbonyl (C=O) groups excluding carboxylic acids is 1. The molecule has 0 spiro atoms. The average Bonchev–Trinajstić information content (AvgIpc) is 3.22. The van der Waals surface area contributed by atoms with E-state index in [4.69, 9.17) is 9.15 Å². The summed E-state index contributed by atoms with van der Waals surface area (Å²) in [5, 5.41) is 7.99. The number of amides is 1. The van der Waals surface area contributed by atoms with Crippen LogP contribution in [0.15, 0.2) is 52.9 Å². The molecule has 9 heteroatoms. The van der Waals surface area contributed by atoms with Crippen LogP contribution < -0.4 is 9.47 Å². The number of aromatic nitrogens is 2. The Balaban J connectivity index is 1.55. The van der Waals surface area contributed by atoms with Crippen molar-refractivity contribution in [3.05, 3.63) is 60.0 Å². The lowest BCUT2D eigenvalue weighted by Crippen LogP contribution is -2.26. The number of ether oxygens (including phenoxy) is 2. The summed E-state index contributed by atoms with van der Waals surface area (Å²) in [5.41, 5.74) is 1.53. The van der Waals surface area contributed by atoms with E-state index in [1.165, 1.54) is 18.1 Å². The maximum absolute atomic E-state index is 12.4. The molecule has 30 heavy (non-hydrogen) atoms. The molecule has 0 N–H and O–H groups in total. The highest BCUT2D eigenvalue weighted by molar-refractivity contribution is 5.76. The molecule has 1 heterocycles. The zero-order valence-electron chi connectivity index (χ0n) is 16.5. The first-order chi connectivity index (χ1) is 14.5. The number of aryl methyl sites for hydroxylation is 1. The Morgan fingerprint density at radius 3 is 2.60 bits per heavy atom. The van der Waals surface area contributed by atoms with E-state index in [-0.39, 0.29) is 30.4 Å². The maximum Gasteiger partial charge on any atom is 0.387 e. The van der Waals surface area contributed by atoms with E-state index in [9.17, 15) is 13.6 Å². The minimum absolute atomic E-state index is 0.0594. The van der Waals surface area contributed by atoms with Crippen LogP contribution in [0.1, 0.15) is 17.9 Å². The van der Waals surface area contributed by atoms with Gasteiger partial charge in [0.1, 0.15) is 0 Å². The summed E-state index contributed by atoms with van der Waals surface area (Å²) in [6.45, 7) is -2.66. The number of halogens is 2. The van der Waals surface area contributed by atoms with Crippen molar-refractivity contribution in [2.75, 3.05) is 14.2 Å². The van der Waals surface area contributed by atoms with E-state index >= 15 is 0 Å². The fourth-order valence-electron chi connectivity index (χ4n) is 2.82. The molecule has 0 aliphatic heterocycles. The third-order valence-electron chi connectivity index (χ3n) is 4.33. The van der Waals surface area contributed by atoms with Gasteiger partial charge in [-0.15, -0.1) is 10.2 Å². The Bertz CT molecular complexity index is 979. The molecule has 1 amide bonds. The Labute approximate surface area is 172 Å². The van der Waals surface area contributed by atoms with Crippen molar-refractivity contribution in [3.63, 3.8) is 0 Å². The number of nitrogens with zero attached hydrogens (tertiary/aromatic N) is 3. The molecule has 0 fully saturated rings. The van der Waals surface area contributed by atoms with Crippen LogP contribution in [0.3, 0.4) is 0 Å². The average molecular weight is 417 g/mol. The summed E-state index contributed by atoms with van der Waals surface area (Å²) in [5.74, 6) is 0.778. The zero-order valence-corrected chi connectivity index (χ0v) is 16.5. The summed E-state index contributed by atoms with van der Waals surface area (Å²) in [6.07, 6.45) is 0.504. The first-order valence-electron chi connectivity index (χ1n) is 9.19. The normalized spacial score (nSPS) is 10.8. The number of alkyl halides is 2.